The van der Waals surface area contributed by atoms with Crippen LogP contribution in [0.3, 0.4) is 0 Å². The average Bonchev–Trinajstić information content (AvgIpc) is 3.07. The average molecular weight is 333 g/mol. The Hall–Kier alpha value is -2.62. The van der Waals surface area contributed by atoms with Crippen molar-refractivity contribution in [1.29, 1.82) is 0 Å². The van der Waals surface area contributed by atoms with Crippen molar-refractivity contribution >= 4 is 16.8 Å². The molecule has 1 aliphatic rings. The fraction of sp³-hybridized carbons (Fsp3) is 0.333. The lowest BCUT2D eigenvalue weighted by molar-refractivity contribution is 0.0726. The first-order valence-electron chi connectivity index (χ1n) is 8.96. The van der Waals surface area contributed by atoms with E-state index in [2.05, 4.69) is 19.1 Å². The second kappa shape index (κ2) is 6.36. The summed E-state index contributed by atoms with van der Waals surface area (Å²) < 4.78 is 2.04. The van der Waals surface area contributed by atoms with Gasteiger partial charge in [0.05, 0.1) is 22.5 Å². The molecule has 0 saturated carbocycles. The number of piperidine rings is 1. The molecule has 0 N–H and O–H groups in total. The summed E-state index contributed by atoms with van der Waals surface area (Å²) in [5.41, 5.74) is 4.67. The molecule has 0 spiro atoms. The van der Waals surface area contributed by atoms with Crippen LogP contribution in [-0.4, -0.2) is 33.4 Å². The van der Waals surface area contributed by atoms with E-state index in [1.165, 1.54) is 6.42 Å². The van der Waals surface area contributed by atoms with Gasteiger partial charge in [0, 0.05) is 31.7 Å². The molecule has 0 unspecified atom stereocenters. The van der Waals surface area contributed by atoms with E-state index in [0.29, 0.717) is 0 Å². The lowest BCUT2D eigenvalue weighted by Crippen LogP contribution is -2.35. The molecule has 0 atom stereocenters. The molecule has 1 aliphatic heterocycles. The maximum atomic E-state index is 13.2. The van der Waals surface area contributed by atoms with Crippen molar-refractivity contribution < 1.29 is 4.79 Å². The van der Waals surface area contributed by atoms with Crippen molar-refractivity contribution in [2.75, 3.05) is 13.1 Å². The molecule has 4 heteroatoms. The Morgan fingerprint density at radius 2 is 1.88 bits per heavy atom. The lowest BCUT2D eigenvalue weighted by atomic mass is 10.0. The minimum Gasteiger partial charge on any atom is -0.349 e. The van der Waals surface area contributed by atoms with Gasteiger partial charge in [0.15, 0.2) is 0 Å². The summed E-state index contributed by atoms with van der Waals surface area (Å²) in [7, 11) is 2.00. The van der Waals surface area contributed by atoms with Gasteiger partial charge in [-0.15, -0.1) is 0 Å². The Balaban J connectivity index is 1.89. The molecule has 25 heavy (non-hydrogen) atoms. The Kier molecular flexibility index (Phi) is 4.04. The van der Waals surface area contributed by atoms with Gasteiger partial charge < -0.3 is 9.47 Å². The van der Waals surface area contributed by atoms with Crippen LogP contribution in [0.1, 0.15) is 35.2 Å². The third-order valence-corrected chi connectivity index (χ3v) is 5.04. The third-order valence-electron chi connectivity index (χ3n) is 5.04. The summed E-state index contributed by atoms with van der Waals surface area (Å²) in [5, 5.41) is 0.952. The van der Waals surface area contributed by atoms with Crippen LogP contribution in [0, 0.1) is 6.92 Å². The number of likely N-dealkylation sites (tertiary alicyclic amines) is 1. The number of hydrogen-bond acceptors (Lipinski definition) is 2. The largest absolute Gasteiger partial charge is 0.349 e. The Morgan fingerprint density at radius 1 is 1.08 bits per heavy atom. The van der Waals surface area contributed by atoms with E-state index in [-0.39, 0.29) is 5.91 Å². The van der Waals surface area contributed by atoms with Crippen LogP contribution in [0.15, 0.2) is 42.6 Å². The summed E-state index contributed by atoms with van der Waals surface area (Å²) in [6.45, 7) is 3.77. The predicted octanol–water partition coefficient (Wildman–Crippen LogP) is 4.17. The van der Waals surface area contributed by atoms with E-state index in [1.807, 2.05) is 47.0 Å². The SMILES string of the molecule is Cc1ccc2nc(-c3cccn3C)cc(C(=O)N3CCCCC3)c2c1. The third kappa shape index (κ3) is 2.93. The molecule has 4 rings (SSSR count). The van der Waals surface area contributed by atoms with Crippen LogP contribution in [0.5, 0.6) is 0 Å². The zero-order valence-electron chi connectivity index (χ0n) is 14.8. The molecule has 3 aromatic rings. The minimum absolute atomic E-state index is 0.133. The van der Waals surface area contributed by atoms with Crippen LogP contribution < -0.4 is 0 Å². The molecule has 1 amide bonds. The standard InChI is InChI=1S/C21H23N3O/c1-15-8-9-18-16(13-15)17(21(25)24-11-4-3-5-12-24)14-19(22-18)20-7-6-10-23(20)2/h6-10,13-14H,3-5,11-12H2,1-2H3. The number of benzene rings is 1. The number of aryl methyl sites for hydroxylation is 2. The van der Waals surface area contributed by atoms with E-state index >= 15 is 0 Å². The van der Waals surface area contributed by atoms with Crippen molar-refractivity contribution in [2.45, 2.75) is 26.2 Å². The van der Waals surface area contributed by atoms with Crippen LogP contribution in [0.2, 0.25) is 0 Å². The van der Waals surface area contributed by atoms with Gasteiger partial charge in [-0.25, -0.2) is 4.98 Å². The van der Waals surface area contributed by atoms with E-state index < -0.39 is 0 Å². The predicted molar refractivity (Wildman–Crippen MR) is 101 cm³/mol. The summed E-state index contributed by atoms with van der Waals surface area (Å²) in [6, 6.07) is 12.2. The zero-order valence-corrected chi connectivity index (χ0v) is 14.8. The first-order valence-corrected chi connectivity index (χ1v) is 8.96. The number of hydrogen-bond donors (Lipinski definition) is 0. The van der Waals surface area contributed by atoms with Gasteiger partial charge >= 0.3 is 0 Å². The second-order valence-electron chi connectivity index (χ2n) is 6.93. The molecule has 0 aliphatic carbocycles. The quantitative estimate of drug-likeness (QED) is 0.706. The summed E-state index contributed by atoms with van der Waals surface area (Å²) in [6.07, 6.45) is 5.41. The smallest absolute Gasteiger partial charge is 0.254 e. The number of pyridine rings is 1. The second-order valence-corrected chi connectivity index (χ2v) is 6.93. The summed E-state index contributed by atoms with van der Waals surface area (Å²) in [4.78, 5) is 20.0. The van der Waals surface area contributed by atoms with Crippen molar-refractivity contribution in [2.24, 2.45) is 7.05 Å². The number of amides is 1. The highest BCUT2D eigenvalue weighted by atomic mass is 16.2. The van der Waals surface area contributed by atoms with Gasteiger partial charge in [-0.05, 0) is 56.5 Å². The molecule has 0 radical (unpaired) electrons. The number of rotatable bonds is 2. The van der Waals surface area contributed by atoms with E-state index in [9.17, 15) is 4.79 Å². The van der Waals surface area contributed by atoms with Crippen LogP contribution in [0.4, 0.5) is 0 Å². The highest BCUT2D eigenvalue weighted by Crippen LogP contribution is 2.27. The fourth-order valence-corrected chi connectivity index (χ4v) is 3.64. The molecule has 0 bridgehead atoms. The number of carbonyl (C=O) groups excluding carboxylic acids is 1. The summed E-state index contributed by atoms with van der Waals surface area (Å²) in [5.74, 6) is 0.133. The number of carbonyl (C=O) groups is 1. The minimum atomic E-state index is 0.133. The molecule has 1 saturated heterocycles. The number of nitrogens with zero attached hydrogens (tertiary/aromatic N) is 3. The van der Waals surface area contributed by atoms with Gasteiger partial charge in [0.25, 0.3) is 5.91 Å². The van der Waals surface area contributed by atoms with Gasteiger partial charge in [-0.2, -0.15) is 0 Å². The highest BCUT2D eigenvalue weighted by Gasteiger charge is 2.22. The zero-order chi connectivity index (χ0) is 17.4. The molecule has 4 nitrogen and oxygen atoms in total. The maximum Gasteiger partial charge on any atom is 0.254 e. The Bertz CT molecular complexity index is 935. The lowest BCUT2D eigenvalue weighted by Gasteiger charge is -2.27. The van der Waals surface area contributed by atoms with Gasteiger partial charge in [-0.1, -0.05) is 11.6 Å². The first-order chi connectivity index (χ1) is 12.1. The topological polar surface area (TPSA) is 38.1 Å². The maximum absolute atomic E-state index is 13.2. The Morgan fingerprint density at radius 3 is 2.60 bits per heavy atom. The number of fused-ring (bicyclic) bond motifs is 1. The van der Waals surface area contributed by atoms with Crippen LogP contribution >= 0.6 is 0 Å². The molecule has 2 aromatic heterocycles. The van der Waals surface area contributed by atoms with Gasteiger partial charge in [-0.3, -0.25) is 4.79 Å². The molecule has 128 valence electrons. The van der Waals surface area contributed by atoms with Crippen molar-refractivity contribution in [3.63, 3.8) is 0 Å². The highest BCUT2D eigenvalue weighted by molar-refractivity contribution is 6.07. The van der Waals surface area contributed by atoms with Crippen molar-refractivity contribution in [3.8, 4) is 11.4 Å². The van der Waals surface area contributed by atoms with Gasteiger partial charge in [0.1, 0.15) is 0 Å². The molecular formula is C21H23N3O. The van der Waals surface area contributed by atoms with Gasteiger partial charge in [0.2, 0.25) is 0 Å². The summed E-state index contributed by atoms with van der Waals surface area (Å²) >= 11 is 0. The van der Waals surface area contributed by atoms with E-state index in [4.69, 9.17) is 4.98 Å². The van der Waals surface area contributed by atoms with E-state index in [0.717, 1.165) is 59.3 Å². The molecule has 1 fully saturated rings. The van der Waals surface area contributed by atoms with Crippen molar-refractivity contribution in [3.05, 3.63) is 53.7 Å². The van der Waals surface area contributed by atoms with Crippen LogP contribution in [-0.2, 0) is 7.05 Å². The van der Waals surface area contributed by atoms with Crippen molar-refractivity contribution in [1.82, 2.24) is 14.5 Å². The fourth-order valence-electron chi connectivity index (χ4n) is 3.64. The normalized spacial score (nSPS) is 14.9. The molecular weight excluding hydrogens is 310 g/mol. The van der Waals surface area contributed by atoms with Crippen LogP contribution in [0.25, 0.3) is 22.3 Å². The Labute approximate surface area is 148 Å². The monoisotopic (exact) mass is 333 g/mol. The molecule has 1 aromatic carbocycles. The number of aromatic nitrogens is 2. The van der Waals surface area contributed by atoms with E-state index in [1.54, 1.807) is 0 Å². The molecule has 3 heterocycles. The first kappa shape index (κ1) is 15.9.